The van der Waals surface area contributed by atoms with Crippen LogP contribution >= 0.6 is 0 Å². The monoisotopic (exact) mass is 498 g/mol. The normalized spacial score (nSPS) is 18.6. The number of piperazine rings is 1. The van der Waals surface area contributed by atoms with Crippen molar-refractivity contribution in [2.45, 2.75) is 11.2 Å². The predicted molar refractivity (Wildman–Crippen MR) is 134 cm³/mol. The summed E-state index contributed by atoms with van der Waals surface area (Å²) in [7, 11) is -0.699. The van der Waals surface area contributed by atoms with Crippen molar-refractivity contribution in [2.24, 2.45) is 10.7 Å². The van der Waals surface area contributed by atoms with E-state index in [0.717, 1.165) is 48.0 Å². The lowest BCUT2D eigenvalue weighted by Crippen LogP contribution is -2.44. The number of rotatable bonds is 5. The molecule has 2 aliphatic rings. The van der Waals surface area contributed by atoms with Gasteiger partial charge >= 0.3 is 0 Å². The number of fused-ring (bicyclic) bond motifs is 1. The van der Waals surface area contributed by atoms with Crippen molar-refractivity contribution < 1.29 is 17.5 Å². The van der Waals surface area contributed by atoms with Crippen molar-refractivity contribution in [1.82, 2.24) is 8.87 Å². The molecule has 0 saturated carbocycles. The van der Waals surface area contributed by atoms with E-state index in [1.807, 2.05) is 24.3 Å². The molecule has 184 valence electrons. The Morgan fingerprint density at radius 2 is 1.71 bits per heavy atom. The molecule has 9 nitrogen and oxygen atoms in total. The van der Waals surface area contributed by atoms with Gasteiger partial charge in [0, 0.05) is 67.7 Å². The quantitative estimate of drug-likeness (QED) is 0.577. The number of halogens is 1. The molecule has 1 saturated heterocycles. The summed E-state index contributed by atoms with van der Waals surface area (Å²) in [5.41, 5.74) is 8.69. The van der Waals surface area contributed by atoms with Crippen LogP contribution in [0.5, 0.6) is 5.75 Å². The van der Waals surface area contributed by atoms with Crippen molar-refractivity contribution in [2.75, 3.05) is 50.1 Å². The van der Waals surface area contributed by atoms with Gasteiger partial charge < -0.3 is 14.5 Å². The van der Waals surface area contributed by atoms with Gasteiger partial charge in [-0.3, -0.25) is 15.6 Å². The maximum Gasteiger partial charge on any atom is 0.269 e. The van der Waals surface area contributed by atoms with E-state index in [0.29, 0.717) is 17.1 Å². The first kappa shape index (κ1) is 23.3. The number of anilines is 3. The third-order valence-corrected chi connectivity index (χ3v) is 7.99. The summed E-state index contributed by atoms with van der Waals surface area (Å²) in [6.45, 7) is 3.86. The Balaban J connectivity index is 1.53. The molecule has 0 aliphatic carbocycles. The summed E-state index contributed by atoms with van der Waals surface area (Å²) >= 11 is 0. The van der Waals surface area contributed by atoms with E-state index in [-0.39, 0.29) is 10.6 Å². The molecular weight excluding hydrogens is 471 g/mol. The van der Waals surface area contributed by atoms with Gasteiger partial charge in [0.25, 0.3) is 10.0 Å². The van der Waals surface area contributed by atoms with Gasteiger partial charge in [-0.15, -0.1) is 0 Å². The van der Waals surface area contributed by atoms with E-state index in [4.69, 9.17) is 10.5 Å². The zero-order valence-electron chi connectivity index (χ0n) is 19.5. The van der Waals surface area contributed by atoms with E-state index in [1.54, 1.807) is 17.2 Å². The number of likely N-dealkylation sites (N-methyl/N-ethyl adjacent to an activating group) is 1. The molecular formula is C24H27FN6O3S. The molecule has 0 amide bonds. The highest BCUT2D eigenvalue weighted by atomic mass is 32.2. The van der Waals surface area contributed by atoms with E-state index in [1.165, 1.54) is 19.4 Å². The Hall–Kier alpha value is -3.41. The molecule has 2 aliphatic heterocycles. The highest BCUT2D eigenvalue weighted by molar-refractivity contribution is 7.90. The molecule has 35 heavy (non-hydrogen) atoms. The van der Waals surface area contributed by atoms with Crippen LogP contribution in [0.2, 0.25) is 0 Å². The smallest absolute Gasteiger partial charge is 0.269 e. The Morgan fingerprint density at radius 3 is 2.40 bits per heavy atom. The first-order chi connectivity index (χ1) is 16.8. The summed E-state index contributed by atoms with van der Waals surface area (Å²) in [6, 6.07) is 12.9. The molecule has 1 aromatic heterocycles. The largest absolute Gasteiger partial charge is 0.497 e. The molecule has 11 heteroatoms. The van der Waals surface area contributed by atoms with Crippen molar-refractivity contribution in [1.29, 1.82) is 0 Å². The number of hydrogen-bond donors (Lipinski definition) is 1. The Labute approximate surface area is 203 Å². The van der Waals surface area contributed by atoms with Crippen LogP contribution in [-0.4, -0.2) is 70.1 Å². The molecule has 1 unspecified atom stereocenters. The number of ether oxygens (including phenoxy) is 1. The van der Waals surface area contributed by atoms with E-state index >= 15 is 0 Å². The summed E-state index contributed by atoms with van der Waals surface area (Å²) in [5, 5.41) is 0. The maximum atomic E-state index is 14.1. The molecule has 3 aromatic rings. The molecule has 3 heterocycles. The SMILES string of the molecule is COc1cc(F)cc(S(=O)(=O)n2ccc3c2N(c2ccc(N4CCN(C)CC4)cc2)C(N)N=C3)c1. The van der Waals surface area contributed by atoms with E-state index in [2.05, 4.69) is 21.8 Å². The van der Waals surface area contributed by atoms with Gasteiger partial charge in [0.1, 0.15) is 17.4 Å². The molecule has 0 radical (unpaired) electrons. The minimum Gasteiger partial charge on any atom is -0.497 e. The lowest BCUT2D eigenvalue weighted by Gasteiger charge is -2.35. The van der Waals surface area contributed by atoms with Crippen molar-refractivity contribution >= 4 is 33.4 Å². The van der Waals surface area contributed by atoms with Crippen molar-refractivity contribution in [3.8, 4) is 5.75 Å². The van der Waals surface area contributed by atoms with Gasteiger partial charge in [-0.25, -0.2) is 16.8 Å². The number of aromatic nitrogens is 1. The molecule has 1 atom stereocenters. The zero-order chi connectivity index (χ0) is 24.7. The molecule has 0 spiro atoms. The summed E-state index contributed by atoms with van der Waals surface area (Å²) in [6.07, 6.45) is 2.14. The van der Waals surface area contributed by atoms with Crippen LogP contribution < -0.4 is 20.3 Å². The molecule has 1 fully saturated rings. The lowest BCUT2D eigenvalue weighted by atomic mass is 10.2. The fourth-order valence-electron chi connectivity index (χ4n) is 4.39. The Morgan fingerprint density at radius 1 is 1.03 bits per heavy atom. The first-order valence-corrected chi connectivity index (χ1v) is 12.6. The first-order valence-electron chi connectivity index (χ1n) is 11.2. The minimum absolute atomic E-state index is 0.110. The summed E-state index contributed by atoms with van der Waals surface area (Å²) in [4.78, 5) is 10.4. The number of nitrogens with zero attached hydrogens (tertiary/aromatic N) is 5. The maximum absolute atomic E-state index is 14.1. The summed E-state index contributed by atoms with van der Waals surface area (Å²) in [5.74, 6) is -0.263. The summed E-state index contributed by atoms with van der Waals surface area (Å²) < 4.78 is 47.5. The highest BCUT2D eigenvalue weighted by Crippen LogP contribution is 2.36. The van der Waals surface area contributed by atoms with Crippen molar-refractivity contribution in [3.63, 3.8) is 0 Å². The predicted octanol–water partition coefficient (Wildman–Crippen LogP) is 2.44. The second kappa shape index (κ2) is 8.99. The average molecular weight is 499 g/mol. The third kappa shape index (κ3) is 4.26. The number of methoxy groups -OCH3 is 1. The zero-order valence-corrected chi connectivity index (χ0v) is 20.3. The number of hydrogen-bond acceptors (Lipinski definition) is 8. The molecule has 5 rings (SSSR count). The standard InChI is InChI=1S/C24H27FN6O3S/c1-28-9-11-29(12-10-28)19-3-5-20(6-4-19)31-23-17(16-27-24(31)26)7-8-30(23)35(32,33)22-14-18(25)13-21(15-22)34-2/h3-8,13-16,24H,9-12,26H2,1-2H3. The Kier molecular flexibility index (Phi) is 5.99. The van der Waals surface area contributed by atoms with Gasteiger partial charge in [-0.2, -0.15) is 0 Å². The number of nitrogens with two attached hydrogens (primary N) is 1. The van der Waals surface area contributed by atoms with Gasteiger partial charge in [0.15, 0.2) is 6.29 Å². The van der Waals surface area contributed by atoms with Gasteiger partial charge in [0.05, 0.1) is 12.0 Å². The lowest BCUT2D eigenvalue weighted by molar-refractivity contribution is 0.313. The van der Waals surface area contributed by atoms with Crippen LogP contribution in [0.25, 0.3) is 0 Å². The second-order valence-corrected chi connectivity index (χ2v) is 10.4. The second-order valence-electron chi connectivity index (χ2n) is 8.59. The third-order valence-electron chi connectivity index (χ3n) is 6.35. The van der Waals surface area contributed by atoms with Gasteiger partial charge in [0.2, 0.25) is 0 Å². The highest BCUT2D eigenvalue weighted by Gasteiger charge is 2.31. The van der Waals surface area contributed by atoms with Crippen LogP contribution in [0, 0.1) is 5.82 Å². The van der Waals surface area contributed by atoms with Crippen molar-refractivity contribution in [3.05, 3.63) is 66.1 Å². The fraction of sp³-hybridized carbons (Fsp3) is 0.292. The molecule has 2 N–H and O–H groups in total. The van der Waals surface area contributed by atoms with E-state index < -0.39 is 22.1 Å². The van der Waals surface area contributed by atoms with Crippen LogP contribution in [-0.2, 0) is 10.0 Å². The number of aliphatic imine (C=N–C) groups is 1. The van der Waals surface area contributed by atoms with E-state index in [9.17, 15) is 12.8 Å². The molecule has 0 bridgehead atoms. The van der Waals surface area contributed by atoms with Gasteiger partial charge in [-0.1, -0.05) is 0 Å². The number of benzene rings is 2. The average Bonchev–Trinajstić information content (AvgIpc) is 3.29. The van der Waals surface area contributed by atoms with Crippen LogP contribution in [0.4, 0.5) is 21.6 Å². The molecule has 2 aromatic carbocycles. The van der Waals surface area contributed by atoms with Crippen LogP contribution in [0.1, 0.15) is 5.56 Å². The Bertz CT molecular complexity index is 1360. The topological polar surface area (TPSA) is 96.4 Å². The van der Waals surface area contributed by atoms with Crippen LogP contribution in [0.3, 0.4) is 0 Å². The van der Waals surface area contributed by atoms with Gasteiger partial charge in [-0.05, 0) is 43.4 Å². The minimum atomic E-state index is -4.16. The fourth-order valence-corrected chi connectivity index (χ4v) is 5.79. The van der Waals surface area contributed by atoms with Crippen LogP contribution in [0.15, 0.2) is 64.6 Å².